The van der Waals surface area contributed by atoms with E-state index in [4.69, 9.17) is 10.5 Å². The Morgan fingerprint density at radius 1 is 1.42 bits per heavy atom. The van der Waals surface area contributed by atoms with Crippen molar-refractivity contribution in [1.29, 1.82) is 0 Å². The van der Waals surface area contributed by atoms with E-state index < -0.39 is 6.03 Å². The molecule has 2 amide bonds. The number of hydrogen-bond acceptors (Lipinski definition) is 3. The number of likely N-dealkylation sites (N-methyl/N-ethyl adjacent to an activating group) is 1. The van der Waals surface area contributed by atoms with Crippen LogP contribution in [-0.2, 0) is 11.3 Å². The molecule has 0 atom stereocenters. The van der Waals surface area contributed by atoms with Crippen LogP contribution in [0.1, 0.15) is 5.56 Å². The number of urea groups is 1. The molecule has 0 aliphatic heterocycles. The lowest BCUT2D eigenvalue weighted by Crippen LogP contribution is -2.37. The third-order valence-corrected chi connectivity index (χ3v) is 2.64. The predicted octanol–water partition coefficient (Wildman–Crippen LogP) is 1.01. The van der Waals surface area contributed by atoms with Crippen molar-refractivity contribution in [1.82, 2.24) is 10.2 Å². The number of nitrogens with one attached hydrogen (secondary N) is 1. The maximum Gasteiger partial charge on any atom is 0.314 e. The fourth-order valence-corrected chi connectivity index (χ4v) is 1.45. The fraction of sp³-hybridized carbons (Fsp3) is 0.429. The number of rotatable bonds is 9. The van der Waals surface area contributed by atoms with Gasteiger partial charge in [0.1, 0.15) is 0 Å². The highest BCUT2D eigenvalue weighted by atomic mass is 16.5. The smallest absolute Gasteiger partial charge is 0.314 e. The van der Waals surface area contributed by atoms with Crippen molar-refractivity contribution in [3.8, 4) is 0 Å². The highest BCUT2D eigenvalue weighted by Crippen LogP contribution is 2.00. The second kappa shape index (κ2) is 9.35. The van der Waals surface area contributed by atoms with Gasteiger partial charge in [-0.3, -0.25) is 0 Å². The van der Waals surface area contributed by atoms with Gasteiger partial charge in [0.2, 0.25) is 0 Å². The van der Waals surface area contributed by atoms with Crippen molar-refractivity contribution in [3.63, 3.8) is 0 Å². The standard InChI is InChI=1S/C14H22N3O2/c1-17(14(15)18)10-9-16-8-5-11-19-12-13-6-3-2-4-7-13/h2-7,16H,8-12H2,1H3,(H2,15,18). The maximum atomic E-state index is 10.7. The molecule has 1 radical (unpaired) electrons. The van der Waals surface area contributed by atoms with E-state index in [9.17, 15) is 4.79 Å². The molecular weight excluding hydrogens is 242 g/mol. The largest absolute Gasteiger partial charge is 0.376 e. The summed E-state index contributed by atoms with van der Waals surface area (Å²) in [5.74, 6) is 0. The van der Waals surface area contributed by atoms with Crippen LogP contribution in [0.5, 0.6) is 0 Å². The van der Waals surface area contributed by atoms with Gasteiger partial charge in [0.05, 0.1) is 13.2 Å². The average Bonchev–Trinajstić information content (AvgIpc) is 2.42. The Bertz CT molecular complexity index is 357. The molecule has 0 aliphatic rings. The number of benzene rings is 1. The summed E-state index contributed by atoms with van der Waals surface area (Å²) in [6, 6.07) is 9.66. The van der Waals surface area contributed by atoms with E-state index in [0.29, 0.717) is 26.3 Å². The quantitative estimate of drug-likeness (QED) is 0.654. The molecule has 0 spiro atoms. The molecule has 0 saturated heterocycles. The van der Waals surface area contributed by atoms with Crippen LogP contribution in [-0.4, -0.2) is 44.2 Å². The Kier molecular flexibility index (Phi) is 7.62. The van der Waals surface area contributed by atoms with Crippen molar-refractivity contribution >= 4 is 6.03 Å². The first kappa shape index (κ1) is 15.5. The van der Waals surface area contributed by atoms with Crippen molar-refractivity contribution in [2.45, 2.75) is 6.61 Å². The summed E-state index contributed by atoms with van der Waals surface area (Å²) in [5.41, 5.74) is 6.28. The topological polar surface area (TPSA) is 67.6 Å². The highest BCUT2D eigenvalue weighted by molar-refractivity contribution is 5.71. The van der Waals surface area contributed by atoms with E-state index in [1.807, 2.05) is 36.8 Å². The normalized spacial score (nSPS) is 10.4. The van der Waals surface area contributed by atoms with E-state index >= 15 is 0 Å². The van der Waals surface area contributed by atoms with Gasteiger partial charge in [-0.15, -0.1) is 0 Å². The summed E-state index contributed by atoms with van der Waals surface area (Å²) in [6.45, 7) is 3.30. The first-order valence-corrected chi connectivity index (χ1v) is 6.35. The monoisotopic (exact) mass is 264 g/mol. The SMILES string of the molecule is CN(CCNC[CH]COCc1ccccc1)C(N)=O. The second-order valence-corrected chi connectivity index (χ2v) is 4.25. The van der Waals surface area contributed by atoms with E-state index in [1.165, 1.54) is 10.5 Å². The third-order valence-electron chi connectivity index (χ3n) is 2.64. The predicted molar refractivity (Wildman–Crippen MR) is 75.5 cm³/mol. The summed E-state index contributed by atoms with van der Waals surface area (Å²) in [7, 11) is 1.68. The Balaban J connectivity index is 1.90. The fourth-order valence-electron chi connectivity index (χ4n) is 1.45. The van der Waals surface area contributed by atoms with Gasteiger partial charge in [-0.2, -0.15) is 0 Å². The molecule has 1 aromatic carbocycles. The summed E-state index contributed by atoms with van der Waals surface area (Å²) in [5, 5.41) is 3.18. The van der Waals surface area contributed by atoms with Gasteiger partial charge in [0.15, 0.2) is 0 Å². The van der Waals surface area contributed by atoms with Gasteiger partial charge in [0.25, 0.3) is 0 Å². The first-order valence-electron chi connectivity index (χ1n) is 6.35. The molecule has 105 valence electrons. The second-order valence-electron chi connectivity index (χ2n) is 4.25. The van der Waals surface area contributed by atoms with Crippen molar-refractivity contribution in [2.75, 3.05) is 33.3 Å². The number of hydrogen-bond donors (Lipinski definition) is 2. The molecule has 19 heavy (non-hydrogen) atoms. The molecule has 0 bridgehead atoms. The Labute approximate surface area is 114 Å². The number of primary amides is 1. The lowest BCUT2D eigenvalue weighted by atomic mass is 10.2. The zero-order chi connectivity index (χ0) is 13.9. The van der Waals surface area contributed by atoms with Gasteiger partial charge in [-0.05, 0) is 5.56 Å². The number of carbonyl (C=O) groups excluding carboxylic acids is 1. The number of carbonyl (C=O) groups is 1. The van der Waals surface area contributed by atoms with Gasteiger partial charge in [-0.25, -0.2) is 4.79 Å². The molecule has 5 heteroatoms. The summed E-state index contributed by atoms with van der Waals surface area (Å²) < 4.78 is 5.51. The van der Waals surface area contributed by atoms with E-state index in [-0.39, 0.29) is 0 Å². The molecule has 0 aromatic heterocycles. The van der Waals surface area contributed by atoms with Crippen LogP contribution in [0.25, 0.3) is 0 Å². The summed E-state index contributed by atoms with van der Waals surface area (Å²) in [6.07, 6.45) is 2.02. The first-order chi connectivity index (χ1) is 9.20. The van der Waals surface area contributed by atoms with Crippen LogP contribution in [0.4, 0.5) is 4.79 Å². The van der Waals surface area contributed by atoms with Gasteiger partial charge >= 0.3 is 6.03 Å². The third kappa shape index (κ3) is 7.43. The Hall–Kier alpha value is -1.59. The van der Waals surface area contributed by atoms with Crippen LogP contribution < -0.4 is 11.1 Å². The molecule has 0 fully saturated rings. The molecule has 0 heterocycles. The van der Waals surface area contributed by atoms with Gasteiger partial charge < -0.3 is 20.7 Å². The van der Waals surface area contributed by atoms with E-state index in [1.54, 1.807) is 7.05 Å². The summed E-state index contributed by atoms with van der Waals surface area (Å²) in [4.78, 5) is 12.2. The zero-order valence-electron chi connectivity index (χ0n) is 11.3. The zero-order valence-corrected chi connectivity index (χ0v) is 11.3. The molecular formula is C14H22N3O2. The van der Waals surface area contributed by atoms with Gasteiger partial charge in [0, 0.05) is 33.1 Å². The Morgan fingerprint density at radius 2 is 2.16 bits per heavy atom. The molecule has 0 saturated carbocycles. The van der Waals surface area contributed by atoms with Crippen molar-refractivity contribution in [3.05, 3.63) is 42.3 Å². The number of nitrogens with zero attached hydrogens (tertiary/aromatic N) is 1. The molecule has 5 nitrogen and oxygen atoms in total. The Morgan fingerprint density at radius 3 is 2.84 bits per heavy atom. The average molecular weight is 264 g/mol. The van der Waals surface area contributed by atoms with Gasteiger partial charge in [-0.1, -0.05) is 30.3 Å². The molecule has 3 N–H and O–H groups in total. The van der Waals surface area contributed by atoms with E-state index in [2.05, 4.69) is 5.32 Å². The van der Waals surface area contributed by atoms with Crippen LogP contribution in [0.2, 0.25) is 0 Å². The van der Waals surface area contributed by atoms with Crippen molar-refractivity contribution in [2.24, 2.45) is 5.73 Å². The van der Waals surface area contributed by atoms with Crippen LogP contribution in [0.15, 0.2) is 30.3 Å². The lowest BCUT2D eigenvalue weighted by Gasteiger charge is -2.14. The maximum absolute atomic E-state index is 10.7. The molecule has 1 aromatic rings. The van der Waals surface area contributed by atoms with Crippen LogP contribution in [0.3, 0.4) is 0 Å². The van der Waals surface area contributed by atoms with Crippen LogP contribution >= 0.6 is 0 Å². The summed E-state index contributed by atoms with van der Waals surface area (Å²) >= 11 is 0. The number of nitrogens with two attached hydrogens (primary N) is 1. The minimum absolute atomic E-state index is 0.406. The van der Waals surface area contributed by atoms with Crippen molar-refractivity contribution < 1.29 is 9.53 Å². The van der Waals surface area contributed by atoms with Crippen LogP contribution in [0, 0.1) is 6.42 Å². The highest BCUT2D eigenvalue weighted by Gasteiger charge is 2.00. The molecule has 0 aliphatic carbocycles. The lowest BCUT2D eigenvalue weighted by molar-refractivity contribution is 0.139. The van der Waals surface area contributed by atoms with E-state index in [0.717, 1.165) is 6.54 Å². The number of ether oxygens (including phenoxy) is 1. The minimum atomic E-state index is -0.406. The molecule has 1 rings (SSSR count). The number of amides is 2. The molecule has 0 unspecified atom stereocenters. The minimum Gasteiger partial charge on any atom is -0.376 e.